The number of fused-ring (bicyclic) bond motifs is 1. The predicted octanol–water partition coefficient (Wildman–Crippen LogP) is 5.21. The van der Waals surface area contributed by atoms with Gasteiger partial charge in [0.2, 0.25) is 0 Å². The van der Waals surface area contributed by atoms with Crippen LogP contribution in [0, 0.1) is 0 Å². The summed E-state index contributed by atoms with van der Waals surface area (Å²) in [7, 11) is 0. The number of imidazole rings is 1. The van der Waals surface area contributed by atoms with Gasteiger partial charge in [-0.2, -0.15) is 5.10 Å². The van der Waals surface area contributed by atoms with Crippen molar-refractivity contribution in [3.63, 3.8) is 0 Å². The Morgan fingerprint density at radius 3 is 2.56 bits per heavy atom. The molecule has 1 fully saturated rings. The zero-order valence-electron chi connectivity index (χ0n) is 19.2. The lowest BCUT2D eigenvalue weighted by Crippen LogP contribution is -2.33. The summed E-state index contributed by atoms with van der Waals surface area (Å²) >= 11 is 0. The third-order valence-corrected chi connectivity index (χ3v) is 6.94. The van der Waals surface area contributed by atoms with Crippen LogP contribution in [0.5, 0.6) is 0 Å². The van der Waals surface area contributed by atoms with Gasteiger partial charge >= 0.3 is 5.69 Å². The molecule has 5 aromatic rings. The molecule has 0 saturated heterocycles. The molecule has 6 rings (SSSR count). The van der Waals surface area contributed by atoms with Gasteiger partial charge in [0, 0.05) is 29.9 Å². The van der Waals surface area contributed by atoms with Crippen LogP contribution in [0.25, 0.3) is 28.2 Å². The minimum Gasteiger partial charge on any atom is -0.303 e. The number of benzene rings is 2. The second-order valence-corrected chi connectivity index (χ2v) is 9.27. The number of aromatic amines is 1. The van der Waals surface area contributed by atoms with Gasteiger partial charge in [-0.1, -0.05) is 50.2 Å². The molecule has 170 valence electrons. The fourth-order valence-corrected chi connectivity index (χ4v) is 5.03. The Bertz CT molecular complexity index is 1510. The van der Waals surface area contributed by atoms with Crippen LogP contribution in [0.15, 0.2) is 78.0 Å². The van der Waals surface area contributed by atoms with E-state index in [1.165, 1.54) is 11.1 Å². The molecule has 0 amide bonds. The van der Waals surface area contributed by atoms with Crippen molar-refractivity contribution in [2.45, 2.75) is 44.6 Å². The van der Waals surface area contributed by atoms with Crippen molar-refractivity contribution in [3.05, 3.63) is 94.8 Å². The summed E-state index contributed by atoms with van der Waals surface area (Å²) in [5.74, 6) is 1.28. The summed E-state index contributed by atoms with van der Waals surface area (Å²) < 4.78 is 3.69. The number of hydrogen-bond acceptors (Lipinski definition) is 4. The molecule has 0 spiro atoms. The Morgan fingerprint density at radius 1 is 1.03 bits per heavy atom. The van der Waals surface area contributed by atoms with Gasteiger partial charge in [-0.3, -0.25) is 4.57 Å². The number of aromatic nitrogens is 6. The third-order valence-electron chi connectivity index (χ3n) is 6.94. The fourth-order valence-electron chi connectivity index (χ4n) is 5.03. The molecule has 0 bridgehead atoms. The maximum Gasteiger partial charge on any atom is 0.327 e. The van der Waals surface area contributed by atoms with Gasteiger partial charge in [-0.25, -0.2) is 19.4 Å². The summed E-state index contributed by atoms with van der Waals surface area (Å²) in [6.45, 7) is 4.33. The highest BCUT2D eigenvalue weighted by Gasteiger charge is 2.36. The van der Waals surface area contributed by atoms with Crippen LogP contribution < -0.4 is 5.69 Å². The van der Waals surface area contributed by atoms with Crippen LogP contribution in [-0.2, 0) is 0 Å². The van der Waals surface area contributed by atoms with Crippen LogP contribution in [-0.4, -0.2) is 29.3 Å². The number of nitrogens with one attached hydrogen (secondary N) is 1. The molecule has 1 aliphatic carbocycles. The Kier molecular flexibility index (Phi) is 4.90. The van der Waals surface area contributed by atoms with Crippen molar-refractivity contribution in [1.29, 1.82) is 0 Å². The van der Waals surface area contributed by atoms with E-state index >= 15 is 0 Å². The second kappa shape index (κ2) is 8.09. The van der Waals surface area contributed by atoms with E-state index in [0.717, 1.165) is 24.1 Å². The van der Waals surface area contributed by atoms with Crippen molar-refractivity contribution in [2.24, 2.45) is 0 Å². The molecule has 1 aliphatic rings. The van der Waals surface area contributed by atoms with E-state index in [1.54, 1.807) is 12.4 Å². The smallest absolute Gasteiger partial charge is 0.303 e. The van der Waals surface area contributed by atoms with Gasteiger partial charge in [0.05, 0.1) is 11.9 Å². The molecule has 2 atom stereocenters. The standard InChI is InChI=1S/C27H26N6O/c1-17(2)20-6-3-4-7-22(20)25-28-16-23-26(31-25)33(27(34)30-23)24-13-12-21(24)18-8-10-19(11-9-18)32-15-5-14-29-32/h3-11,14-17,21,24H,12-13H2,1-2H3,(H,30,34)/t21-,24+/m1/s1. The first kappa shape index (κ1) is 20.6. The SMILES string of the molecule is CC(C)c1ccccc1-c1ncc2[nH]c(=O)n([C@H]3CC[C@@H]3c3ccc(-n4cccn4)cc3)c2n1. The highest BCUT2D eigenvalue weighted by molar-refractivity contribution is 5.74. The number of hydrogen-bond donors (Lipinski definition) is 1. The van der Waals surface area contributed by atoms with Gasteiger partial charge in [-0.15, -0.1) is 0 Å². The Morgan fingerprint density at radius 2 is 1.85 bits per heavy atom. The zero-order valence-corrected chi connectivity index (χ0v) is 19.2. The molecule has 7 nitrogen and oxygen atoms in total. The normalized spacial score (nSPS) is 17.9. The first-order valence-corrected chi connectivity index (χ1v) is 11.8. The molecule has 2 aromatic carbocycles. The molecule has 3 aromatic heterocycles. The average molecular weight is 451 g/mol. The first-order chi connectivity index (χ1) is 16.6. The van der Waals surface area contributed by atoms with Crippen LogP contribution in [0.4, 0.5) is 0 Å². The van der Waals surface area contributed by atoms with E-state index in [0.29, 0.717) is 22.9 Å². The van der Waals surface area contributed by atoms with E-state index in [4.69, 9.17) is 4.98 Å². The highest BCUT2D eigenvalue weighted by atomic mass is 16.1. The summed E-state index contributed by atoms with van der Waals surface area (Å²) in [6.07, 6.45) is 7.43. The summed E-state index contributed by atoms with van der Waals surface area (Å²) in [5.41, 5.74) is 5.69. The van der Waals surface area contributed by atoms with Gasteiger partial charge in [0.15, 0.2) is 11.5 Å². The molecule has 0 radical (unpaired) electrons. The van der Waals surface area contributed by atoms with Crippen molar-refractivity contribution in [2.75, 3.05) is 0 Å². The van der Waals surface area contributed by atoms with E-state index in [2.05, 4.69) is 65.3 Å². The maximum absolute atomic E-state index is 13.0. The van der Waals surface area contributed by atoms with Crippen LogP contribution in [0.2, 0.25) is 0 Å². The van der Waals surface area contributed by atoms with Crippen molar-refractivity contribution in [1.82, 2.24) is 29.3 Å². The van der Waals surface area contributed by atoms with Gasteiger partial charge in [0.25, 0.3) is 0 Å². The fraction of sp³-hybridized carbons (Fsp3) is 0.259. The molecular weight excluding hydrogens is 424 g/mol. The van der Waals surface area contributed by atoms with Crippen LogP contribution in [0.1, 0.15) is 55.7 Å². The van der Waals surface area contributed by atoms with Crippen molar-refractivity contribution < 1.29 is 0 Å². The average Bonchev–Trinajstić information content (AvgIpc) is 3.47. The molecule has 0 aliphatic heterocycles. The number of rotatable bonds is 5. The lowest BCUT2D eigenvalue weighted by Gasteiger charge is -2.37. The summed E-state index contributed by atoms with van der Waals surface area (Å²) in [6, 6.07) is 18.7. The number of H-pyrrole nitrogens is 1. The molecular formula is C27H26N6O. The second-order valence-electron chi connectivity index (χ2n) is 9.27. The largest absolute Gasteiger partial charge is 0.327 e. The highest BCUT2D eigenvalue weighted by Crippen LogP contribution is 2.46. The van der Waals surface area contributed by atoms with E-state index in [9.17, 15) is 4.79 Å². The summed E-state index contributed by atoms with van der Waals surface area (Å²) in [4.78, 5) is 25.5. The van der Waals surface area contributed by atoms with E-state index in [1.807, 2.05) is 33.6 Å². The van der Waals surface area contributed by atoms with Crippen LogP contribution in [0.3, 0.4) is 0 Å². The molecule has 1 N–H and O–H groups in total. The predicted molar refractivity (Wildman–Crippen MR) is 132 cm³/mol. The quantitative estimate of drug-likeness (QED) is 0.398. The van der Waals surface area contributed by atoms with Crippen molar-refractivity contribution >= 4 is 11.2 Å². The topological polar surface area (TPSA) is 81.4 Å². The Labute approximate surface area is 197 Å². The minimum absolute atomic E-state index is 0.0693. The zero-order chi connectivity index (χ0) is 23.2. The van der Waals surface area contributed by atoms with Crippen LogP contribution >= 0.6 is 0 Å². The van der Waals surface area contributed by atoms with Gasteiger partial charge in [0.1, 0.15) is 5.52 Å². The third kappa shape index (κ3) is 3.36. The monoisotopic (exact) mass is 450 g/mol. The van der Waals surface area contributed by atoms with Crippen molar-refractivity contribution in [3.8, 4) is 17.1 Å². The first-order valence-electron chi connectivity index (χ1n) is 11.8. The van der Waals surface area contributed by atoms with Gasteiger partial charge < -0.3 is 4.98 Å². The molecule has 7 heteroatoms. The molecule has 0 unspecified atom stereocenters. The number of nitrogens with zero attached hydrogens (tertiary/aromatic N) is 5. The maximum atomic E-state index is 13.0. The van der Waals surface area contributed by atoms with E-state index in [-0.39, 0.29) is 17.6 Å². The van der Waals surface area contributed by atoms with E-state index < -0.39 is 0 Å². The summed E-state index contributed by atoms with van der Waals surface area (Å²) in [5, 5.41) is 4.30. The lowest BCUT2D eigenvalue weighted by molar-refractivity contribution is 0.256. The minimum atomic E-state index is -0.124. The lowest BCUT2D eigenvalue weighted by atomic mass is 9.75. The van der Waals surface area contributed by atoms with Gasteiger partial charge in [-0.05, 0) is 48.1 Å². The Balaban J connectivity index is 1.38. The molecule has 3 heterocycles. The Hall–Kier alpha value is -4.00. The molecule has 34 heavy (non-hydrogen) atoms. The molecule has 1 saturated carbocycles.